The number of hydrogen-bond donors (Lipinski definition) is 2. The maximum atomic E-state index is 12.4. The van der Waals surface area contributed by atoms with Gasteiger partial charge in [0, 0.05) is 30.1 Å². The summed E-state index contributed by atoms with van der Waals surface area (Å²) in [4.78, 5) is 21.1. The summed E-state index contributed by atoms with van der Waals surface area (Å²) >= 11 is 0. The fourth-order valence-corrected chi connectivity index (χ4v) is 2.69. The molecule has 8 nitrogen and oxygen atoms in total. The molecule has 28 heavy (non-hydrogen) atoms. The first-order chi connectivity index (χ1) is 13.5. The van der Waals surface area contributed by atoms with Crippen molar-refractivity contribution in [2.45, 2.75) is 33.1 Å². The monoisotopic (exact) mass is 388 g/mol. The highest BCUT2D eigenvalue weighted by atomic mass is 16.5. The summed E-state index contributed by atoms with van der Waals surface area (Å²) in [6, 6.07) is 5.16. The average Bonchev–Trinajstić information content (AvgIpc) is 2.69. The molecule has 0 bridgehead atoms. The lowest BCUT2D eigenvalue weighted by molar-refractivity contribution is 0.0948. The average molecular weight is 388 g/mol. The molecular formula is C20H28N4O4. The standard InChI is InChI=1S/C20H28N4O4/c1-6-7-8-9-21-19(25)15-10-13(2)22-20(24-15)23-14-11-16(26-3)18(28-5)17(12-14)27-4/h10-12H,6-9H2,1-5H3,(H,21,25)(H,22,23,24). The zero-order valence-electron chi connectivity index (χ0n) is 17.1. The molecule has 0 radical (unpaired) electrons. The quantitative estimate of drug-likeness (QED) is 0.602. The second-order valence-electron chi connectivity index (χ2n) is 6.22. The first kappa shape index (κ1) is 21.3. The third-order valence-corrected chi connectivity index (χ3v) is 4.07. The third kappa shape index (κ3) is 5.48. The molecule has 2 rings (SSSR count). The lowest BCUT2D eigenvalue weighted by Crippen LogP contribution is -2.25. The van der Waals surface area contributed by atoms with Gasteiger partial charge in [0.25, 0.3) is 5.91 Å². The predicted octanol–water partition coefficient (Wildman–Crippen LogP) is 3.47. The van der Waals surface area contributed by atoms with Crippen molar-refractivity contribution in [3.8, 4) is 17.2 Å². The minimum Gasteiger partial charge on any atom is -0.493 e. The smallest absolute Gasteiger partial charge is 0.270 e. The van der Waals surface area contributed by atoms with Crippen molar-refractivity contribution in [2.75, 3.05) is 33.2 Å². The number of anilines is 2. The second-order valence-corrected chi connectivity index (χ2v) is 6.22. The van der Waals surface area contributed by atoms with Crippen LogP contribution in [0.4, 0.5) is 11.6 Å². The van der Waals surface area contributed by atoms with Crippen LogP contribution < -0.4 is 24.8 Å². The fraction of sp³-hybridized carbons (Fsp3) is 0.450. The van der Waals surface area contributed by atoms with Gasteiger partial charge in [0.1, 0.15) is 5.69 Å². The van der Waals surface area contributed by atoms with Crippen LogP contribution in [0.1, 0.15) is 42.4 Å². The van der Waals surface area contributed by atoms with Crippen LogP contribution in [0.25, 0.3) is 0 Å². The molecule has 2 aromatic rings. The molecule has 0 atom stereocenters. The van der Waals surface area contributed by atoms with Crippen LogP contribution in [0.2, 0.25) is 0 Å². The van der Waals surface area contributed by atoms with Gasteiger partial charge in [0.15, 0.2) is 11.5 Å². The Morgan fingerprint density at radius 3 is 2.25 bits per heavy atom. The Hall–Kier alpha value is -3.03. The molecule has 0 aliphatic carbocycles. The normalized spacial score (nSPS) is 10.3. The summed E-state index contributed by atoms with van der Waals surface area (Å²) < 4.78 is 16.0. The Labute approximate surface area is 165 Å². The van der Waals surface area contributed by atoms with Gasteiger partial charge in [-0.25, -0.2) is 9.97 Å². The first-order valence-corrected chi connectivity index (χ1v) is 9.23. The van der Waals surface area contributed by atoms with Gasteiger partial charge in [-0.15, -0.1) is 0 Å². The molecule has 1 heterocycles. The molecule has 0 fully saturated rings. The maximum absolute atomic E-state index is 12.4. The number of carbonyl (C=O) groups excluding carboxylic acids is 1. The number of unbranched alkanes of at least 4 members (excludes halogenated alkanes) is 2. The fourth-order valence-electron chi connectivity index (χ4n) is 2.69. The van der Waals surface area contributed by atoms with E-state index in [1.54, 1.807) is 39.5 Å². The van der Waals surface area contributed by atoms with Gasteiger partial charge in [0.05, 0.1) is 21.3 Å². The number of aromatic nitrogens is 2. The number of benzene rings is 1. The molecule has 0 aliphatic rings. The molecule has 2 N–H and O–H groups in total. The Morgan fingerprint density at radius 2 is 1.68 bits per heavy atom. The SMILES string of the molecule is CCCCCNC(=O)c1cc(C)nc(Nc2cc(OC)c(OC)c(OC)c2)n1. The maximum Gasteiger partial charge on any atom is 0.270 e. The van der Waals surface area contributed by atoms with Crippen molar-refractivity contribution in [3.05, 3.63) is 29.6 Å². The summed E-state index contributed by atoms with van der Waals surface area (Å²) in [5, 5.41) is 5.99. The Bertz CT molecular complexity index is 786. The minimum atomic E-state index is -0.213. The van der Waals surface area contributed by atoms with E-state index in [1.807, 2.05) is 6.92 Å². The van der Waals surface area contributed by atoms with E-state index in [-0.39, 0.29) is 5.91 Å². The molecule has 1 amide bonds. The van der Waals surface area contributed by atoms with Gasteiger partial charge in [-0.05, 0) is 19.4 Å². The van der Waals surface area contributed by atoms with Crippen molar-refractivity contribution in [1.29, 1.82) is 0 Å². The molecular weight excluding hydrogens is 360 g/mol. The minimum absolute atomic E-state index is 0.213. The summed E-state index contributed by atoms with van der Waals surface area (Å²) in [6.07, 6.45) is 3.13. The summed E-state index contributed by atoms with van der Waals surface area (Å²) in [5.41, 5.74) is 1.65. The molecule has 0 aliphatic heterocycles. The Morgan fingerprint density at radius 1 is 1.00 bits per heavy atom. The van der Waals surface area contributed by atoms with E-state index in [4.69, 9.17) is 14.2 Å². The van der Waals surface area contributed by atoms with Gasteiger partial charge in [-0.2, -0.15) is 0 Å². The van der Waals surface area contributed by atoms with Gasteiger partial charge >= 0.3 is 0 Å². The summed E-state index contributed by atoms with van der Waals surface area (Å²) in [6.45, 7) is 4.57. The molecule has 0 spiro atoms. The predicted molar refractivity (Wildman–Crippen MR) is 108 cm³/mol. The first-order valence-electron chi connectivity index (χ1n) is 9.23. The number of amides is 1. The number of hydrogen-bond acceptors (Lipinski definition) is 7. The molecule has 0 saturated heterocycles. The summed E-state index contributed by atoms with van der Waals surface area (Å²) in [5.74, 6) is 1.60. The van der Waals surface area contributed by atoms with Crippen molar-refractivity contribution in [1.82, 2.24) is 15.3 Å². The number of nitrogens with one attached hydrogen (secondary N) is 2. The van der Waals surface area contributed by atoms with Crippen LogP contribution in [-0.2, 0) is 0 Å². The van der Waals surface area contributed by atoms with E-state index in [2.05, 4.69) is 27.5 Å². The van der Waals surface area contributed by atoms with E-state index >= 15 is 0 Å². The molecule has 1 aromatic heterocycles. The number of nitrogens with zero attached hydrogens (tertiary/aromatic N) is 2. The number of rotatable bonds is 10. The molecule has 152 valence electrons. The molecule has 8 heteroatoms. The Kier molecular flexibility index (Phi) is 7.86. The topological polar surface area (TPSA) is 94.6 Å². The van der Waals surface area contributed by atoms with E-state index in [0.717, 1.165) is 19.3 Å². The zero-order valence-corrected chi connectivity index (χ0v) is 17.1. The number of methoxy groups -OCH3 is 3. The van der Waals surface area contributed by atoms with Crippen molar-refractivity contribution < 1.29 is 19.0 Å². The lowest BCUT2D eigenvalue weighted by atomic mass is 10.2. The van der Waals surface area contributed by atoms with Crippen LogP contribution in [0.15, 0.2) is 18.2 Å². The van der Waals surface area contributed by atoms with Crippen LogP contribution >= 0.6 is 0 Å². The number of aryl methyl sites for hydroxylation is 1. The van der Waals surface area contributed by atoms with Gasteiger partial charge < -0.3 is 24.8 Å². The highest BCUT2D eigenvalue weighted by Crippen LogP contribution is 2.40. The number of ether oxygens (including phenoxy) is 3. The number of carbonyl (C=O) groups is 1. The van der Waals surface area contributed by atoms with Crippen molar-refractivity contribution >= 4 is 17.5 Å². The van der Waals surface area contributed by atoms with Crippen molar-refractivity contribution in [2.24, 2.45) is 0 Å². The van der Waals surface area contributed by atoms with Crippen LogP contribution in [0.5, 0.6) is 17.2 Å². The molecule has 1 aromatic carbocycles. The zero-order chi connectivity index (χ0) is 20.5. The highest BCUT2D eigenvalue weighted by molar-refractivity contribution is 5.92. The van der Waals surface area contributed by atoms with E-state index in [1.165, 1.54) is 0 Å². The Balaban J connectivity index is 2.22. The van der Waals surface area contributed by atoms with E-state index < -0.39 is 0 Å². The molecule has 0 saturated carbocycles. The van der Waals surface area contributed by atoms with Gasteiger partial charge in [-0.1, -0.05) is 19.8 Å². The highest BCUT2D eigenvalue weighted by Gasteiger charge is 2.15. The largest absolute Gasteiger partial charge is 0.493 e. The second kappa shape index (κ2) is 10.3. The van der Waals surface area contributed by atoms with Crippen molar-refractivity contribution in [3.63, 3.8) is 0 Å². The van der Waals surface area contributed by atoms with E-state index in [9.17, 15) is 4.79 Å². The third-order valence-electron chi connectivity index (χ3n) is 4.07. The van der Waals surface area contributed by atoms with Crippen LogP contribution in [0.3, 0.4) is 0 Å². The van der Waals surface area contributed by atoms with Gasteiger partial charge in [-0.3, -0.25) is 4.79 Å². The van der Waals surface area contributed by atoms with Crippen LogP contribution in [0, 0.1) is 6.92 Å². The lowest BCUT2D eigenvalue weighted by Gasteiger charge is -2.15. The van der Waals surface area contributed by atoms with E-state index in [0.29, 0.717) is 46.8 Å². The molecule has 0 unspecified atom stereocenters. The summed E-state index contributed by atoms with van der Waals surface area (Å²) in [7, 11) is 4.64. The van der Waals surface area contributed by atoms with Gasteiger partial charge in [0.2, 0.25) is 11.7 Å². The van der Waals surface area contributed by atoms with Crippen LogP contribution in [-0.4, -0.2) is 43.7 Å².